The summed E-state index contributed by atoms with van der Waals surface area (Å²) in [7, 11) is 4.02. The number of aliphatic imine (C=N–C) groups is 1. The highest BCUT2D eigenvalue weighted by atomic mass is 35.5. The zero-order chi connectivity index (χ0) is 17.1. The van der Waals surface area contributed by atoms with Gasteiger partial charge in [-0.15, -0.1) is 10.2 Å². The summed E-state index contributed by atoms with van der Waals surface area (Å²) in [5.74, 6) is 2.87. The van der Waals surface area contributed by atoms with Crippen LogP contribution in [-0.4, -0.2) is 43.8 Å². The molecule has 2 aromatic heterocycles. The van der Waals surface area contributed by atoms with E-state index in [4.69, 9.17) is 16.6 Å². The van der Waals surface area contributed by atoms with Crippen LogP contribution in [0, 0.1) is 0 Å². The van der Waals surface area contributed by atoms with Gasteiger partial charge in [-0.05, 0) is 19.4 Å². The molecule has 130 valence electrons. The predicted molar refractivity (Wildman–Crippen MR) is 95.0 cm³/mol. The maximum Gasteiger partial charge on any atom is 0.194 e. The predicted octanol–water partition coefficient (Wildman–Crippen LogP) is 1.81. The largest absolute Gasteiger partial charge is 0.357 e. The molecular weight excluding hydrogens is 326 g/mol. The Hall–Kier alpha value is -2.02. The SMILES string of the molecule is CCNC(=NCc1nnc2n1CCC2)N(C)Cc1cc(Cl)cn1C. The van der Waals surface area contributed by atoms with Gasteiger partial charge in [-0.2, -0.15) is 0 Å². The molecule has 0 saturated heterocycles. The van der Waals surface area contributed by atoms with E-state index in [0.717, 1.165) is 60.8 Å². The molecule has 3 heterocycles. The Morgan fingerprint density at radius 1 is 1.46 bits per heavy atom. The van der Waals surface area contributed by atoms with E-state index in [0.29, 0.717) is 6.54 Å². The molecular formula is C16H24ClN7. The molecule has 0 unspecified atom stereocenters. The van der Waals surface area contributed by atoms with Crippen molar-refractivity contribution in [3.8, 4) is 0 Å². The summed E-state index contributed by atoms with van der Waals surface area (Å²) >= 11 is 6.07. The summed E-state index contributed by atoms with van der Waals surface area (Å²) in [5, 5.41) is 12.6. The Morgan fingerprint density at radius 3 is 3.00 bits per heavy atom. The number of hydrogen-bond acceptors (Lipinski definition) is 3. The number of nitrogens with one attached hydrogen (secondary N) is 1. The topological polar surface area (TPSA) is 63.3 Å². The summed E-state index contributed by atoms with van der Waals surface area (Å²) in [4.78, 5) is 6.83. The number of guanidine groups is 1. The van der Waals surface area contributed by atoms with Crippen molar-refractivity contribution in [2.75, 3.05) is 13.6 Å². The number of rotatable bonds is 5. The van der Waals surface area contributed by atoms with Crippen LogP contribution >= 0.6 is 11.6 Å². The van der Waals surface area contributed by atoms with Crippen molar-refractivity contribution in [1.29, 1.82) is 0 Å². The molecule has 0 amide bonds. The van der Waals surface area contributed by atoms with Crippen molar-refractivity contribution < 1.29 is 0 Å². The second-order valence-electron chi connectivity index (χ2n) is 6.07. The monoisotopic (exact) mass is 349 g/mol. The Morgan fingerprint density at radius 2 is 2.29 bits per heavy atom. The van der Waals surface area contributed by atoms with Crippen LogP contribution < -0.4 is 5.32 Å². The summed E-state index contributed by atoms with van der Waals surface area (Å²) in [6, 6.07) is 1.98. The van der Waals surface area contributed by atoms with E-state index in [-0.39, 0.29) is 0 Å². The molecule has 1 aliphatic rings. The summed E-state index contributed by atoms with van der Waals surface area (Å²) in [6.45, 7) is 5.15. The number of aromatic nitrogens is 4. The molecule has 7 nitrogen and oxygen atoms in total. The molecule has 2 aromatic rings. The van der Waals surface area contributed by atoms with Crippen molar-refractivity contribution in [3.63, 3.8) is 0 Å². The van der Waals surface area contributed by atoms with Gasteiger partial charge in [-0.25, -0.2) is 4.99 Å². The molecule has 1 aliphatic heterocycles. The van der Waals surface area contributed by atoms with E-state index in [1.54, 1.807) is 0 Å². The van der Waals surface area contributed by atoms with Crippen LogP contribution in [0.15, 0.2) is 17.3 Å². The third kappa shape index (κ3) is 3.56. The van der Waals surface area contributed by atoms with Crippen LogP contribution in [0.5, 0.6) is 0 Å². The first-order chi connectivity index (χ1) is 11.6. The van der Waals surface area contributed by atoms with Gasteiger partial charge in [0.05, 0.1) is 11.6 Å². The van der Waals surface area contributed by atoms with Crippen molar-refractivity contribution >= 4 is 17.6 Å². The molecule has 0 atom stereocenters. The van der Waals surface area contributed by atoms with Gasteiger partial charge in [0.25, 0.3) is 0 Å². The average Bonchev–Trinajstić information content (AvgIpc) is 3.21. The zero-order valence-corrected chi connectivity index (χ0v) is 15.2. The van der Waals surface area contributed by atoms with Gasteiger partial charge in [-0.3, -0.25) is 0 Å². The van der Waals surface area contributed by atoms with Gasteiger partial charge < -0.3 is 19.4 Å². The van der Waals surface area contributed by atoms with Gasteiger partial charge in [0.15, 0.2) is 11.8 Å². The van der Waals surface area contributed by atoms with Crippen LogP contribution in [0.1, 0.15) is 30.7 Å². The molecule has 24 heavy (non-hydrogen) atoms. The molecule has 3 rings (SSSR count). The first-order valence-corrected chi connectivity index (χ1v) is 8.67. The van der Waals surface area contributed by atoms with Gasteiger partial charge in [-0.1, -0.05) is 11.6 Å². The van der Waals surface area contributed by atoms with E-state index in [1.807, 2.05) is 30.9 Å². The van der Waals surface area contributed by atoms with Crippen LogP contribution in [0.3, 0.4) is 0 Å². The van der Waals surface area contributed by atoms with Crippen LogP contribution in [-0.2, 0) is 33.1 Å². The number of fused-ring (bicyclic) bond motifs is 1. The highest BCUT2D eigenvalue weighted by molar-refractivity contribution is 6.30. The summed E-state index contributed by atoms with van der Waals surface area (Å²) in [5.41, 5.74) is 1.14. The fourth-order valence-electron chi connectivity index (χ4n) is 2.98. The van der Waals surface area contributed by atoms with E-state index in [9.17, 15) is 0 Å². The summed E-state index contributed by atoms with van der Waals surface area (Å²) in [6.07, 6.45) is 4.08. The van der Waals surface area contributed by atoms with Gasteiger partial charge in [0.2, 0.25) is 0 Å². The van der Waals surface area contributed by atoms with Gasteiger partial charge in [0.1, 0.15) is 12.4 Å². The molecule has 0 aliphatic carbocycles. The molecule has 0 spiro atoms. The molecule has 0 bridgehead atoms. The lowest BCUT2D eigenvalue weighted by atomic mass is 10.4. The quantitative estimate of drug-likeness (QED) is 0.660. The lowest BCUT2D eigenvalue weighted by molar-refractivity contribution is 0.461. The lowest BCUT2D eigenvalue weighted by Gasteiger charge is -2.22. The highest BCUT2D eigenvalue weighted by Crippen LogP contribution is 2.16. The normalized spacial score (nSPS) is 14.1. The van der Waals surface area contributed by atoms with Crippen molar-refractivity contribution in [1.82, 2.24) is 29.5 Å². The Bertz CT molecular complexity index is 731. The zero-order valence-electron chi connectivity index (χ0n) is 14.5. The van der Waals surface area contributed by atoms with Crippen LogP contribution in [0.25, 0.3) is 0 Å². The van der Waals surface area contributed by atoms with Crippen LogP contribution in [0.4, 0.5) is 0 Å². The second kappa shape index (κ2) is 7.25. The van der Waals surface area contributed by atoms with E-state index in [2.05, 4.69) is 31.9 Å². The maximum absolute atomic E-state index is 6.07. The summed E-state index contributed by atoms with van der Waals surface area (Å²) < 4.78 is 4.22. The number of halogens is 1. The molecule has 1 N–H and O–H groups in total. The van der Waals surface area contributed by atoms with Crippen molar-refractivity contribution in [2.24, 2.45) is 12.0 Å². The standard InChI is InChI=1S/C16H24ClN7/c1-4-18-16(23(3)11-13-8-12(17)10-22(13)2)19-9-15-21-20-14-6-5-7-24(14)15/h8,10H,4-7,9,11H2,1-3H3,(H,18,19). The Kier molecular flexibility index (Phi) is 5.08. The van der Waals surface area contributed by atoms with Gasteiger partial charge in [0, 0.05) is 45.5 Å². The highest BCUT2D eigenvalue weighted by Gasteiger charge is 2.17. The minimum atomic E-state index is 0.535. The maximum atomic E-state index is 6.07. The number of hydrogen-bond donors (Lipinski definition) is 1. The number of aryl methyl sites for hydroxylation is 2. The molecule has 0 radical (unpaired) electrons. The fraction of sp³-hybridized carbons (Fsp3) is 0.562. The van der Waals surface area contributed by atoms with Crippen molar-refractivity contribution in [2.45, 2.75) is 39.4 Å². The van der Waals surface area contributed by atoms with E-state index in [1.165, 1.54) is 0 Å². The number of nitrogens with zero attached hydrogens (tertiary/aromatic N) is 6. The molecule has 0 saturated carbocycles. The molecule has 0 fully saturated rings. The second-order valence-corrected chi connectivity index (χ2v) is 6.51. The first kappa shape index (κ1) is 16.8. The third-order valence-corrected chi connectivity index (χ3v) is 4.43. The molecule has 0 aromatic carbocycles. The van der Waals surface area contributed by atoms with Gasteiger partial charge >= 0.3 is 0 Å². The van der Waals surface area contributed by atoms with Crippen molar-refractivity contribution in [3.05, 3.63) is 34.6 Å². The minimum absolute atomic E-state index is 0.535. The minimum Gasteiger partial charge on any atom is -0.357 e. The smallest absolute Gasteiger partial charge is 0.194 e. The lowest BCUT2D eigenvalue weighted by Crippen LogP contribution is -2.38. The van der Waals surface area contributed by atoms with Crippen LogP contribution in [0.2, 0.25) is 5.02 Å². The van der Waals surface area contributed by atoms with E-state index < -0.39 is 0 Å². The third-order valence-electron chi connectivity index (χ3n) is 4.23. The Labute approximate surface area is 147 Å². The fourth-order valence-corrected chi connectivity index (χ4v) is 3.26. The average molecular weight is 350 g/mol. The first-order valence-electron chi connectivity index (χ1n) is 8.29. The Balaban J connectivity index is 1.71. The van der Waals surface area contributed by atoms with E-state index >= 15 is 0 Å². The molecule has 8 heteroatoms.